The van der Waals surface area contributed by atoms with Gasteiger partial charge in [0.2, 0.25) is 5.71 Å². The van der Waals surface area contributed by atoms with Gasteiger partial charge in [-0.15, -0.1) is 16.4 Å². The molecule has 0 atom stereocenters. The third kappa shape index (κ3) is 3.41. The molecule has 5 rings (SSSR count). The lowest BCUT2D eigenvalue weighted by molar-refractivity contribution is -0.349. The van der Waals surface area contributed by atoms with Gasteiger partial charge in [0.25, 0.3) is 5.78 Å². The maximum Gasteiger partial charge on any atom is 0.357 e. The molecule has 0 aromatic heterocycles. The highest BCUT2D eigenvalue weighted by molar-refractivity contribution is 7.09. The molecular weight excluding hydrogens is 437 g/mol. The highest BCUT2D eigenvalue weighted by Crippen LogP contribution is 2.26. The van der Waals surface area contributed by atoms with Crippen molar-refractivity contribution in [1.29, 1.82) is 0 Å². The minimum Gasteiger partial charge on any atom is -0.438 e. The highest BCUT2D eigenvalue weighted by Gasteiger charge is 2.53. The molecule has 0 aliphatic carbocycles. The van der Waals surface area contributed by atoms with Gasteiger partial charge in [0, 0.05) is 11.1 Å². The number of aryl methyl sites for hydroxylation is 6. The second kappa shape index (κ2) is 8.74. The van der Waals surface area contributed by atoms with E-state index in [9.17, 15) is 4.79 Å². The van der Waals surface area contributed by atoms with E-state index in [1.807, 2.05) is 30.3 Å². The van der Waals surface area contributed by atoms with Crippen LogP contribution in [-0.2, 0) is 0 Å². The third-order valence-electron chi connectivity index (χ3n) is 8.16. The molecule has 0 radical (unpaired) electrons. The molecule has 36 heavy (non-hydrogen) atoms. The van der Waals surface area contributed by atoms with Crippen molar-refractivity contribution in [1.82, 2.24) is 0 Å². The third-order valence-corrected chi connectivity index (χ3v) is 8.16. The molecule has 1 heterocycles. The van der Waals surface area contributed by atoms with E-state index in [0.29, 0.717) is 0 Å². The number of Topliss-reactive ketones (excluding diaryl/α,β-unsaturated/α-hetero) is 1. The number of fused-ring (bicyclic) bond motifs is 1. The fraction of sp³-hybridized carbons (Fsp3) is 0.212. The number of hydrogen-bond acceptors (Lipinski definition) is 1. The zero-order chi connectivity index (χ0) is 25.8. The molecule has 0 saturated carbocycles. The zero-order valence-electron chi connectivity index (χ0n) is 22.4. The van der Waals surface area contributed by atoms with Crippen molar-refractivity contribution in [3.05, 3.63) is 123 Å². The van der Waals surface area contributed by atoms with Gasteiger partial charge in [-0.25, -0.2) is 0 Å². The molecule has 0 N–H and O–H groups in total. The summed E-state index contributed by atoms with van der Waals surface area (Å²) in [6, 6.07) is 27.4. The molecule has 4 aromatic carbocycles. The van der Waals surface area contributed by atoms with Gasteiger partial charge in [-0.3, -0.25) is 4.79 Å². The van der Waals surface area contributed by atoms with Crippen molar-refractivity contribution in [3.63, 3.8) is 0 Å². The van der Waals surface area contributed by atoms with Gasteiger partial charge in [0.15, 0.2) is 0 Å². The Bertz CT molecular complexity index is 1460. The molecule has 0 saturated heterocycles. The molecule has 4 aromatic rings. The van der Waals surface area contributed by atoms with Gasteiger partial charge < -0.3 is 4.49 Å². The Morgan fingerprint density at radius 2 is 1.08 bits per heavy atom. The summed E-state index contributed by atoms with van der Waals surface area (Å²) >= 11 is 0. The summed E-state index contributed by atoms with van der Waals surface area (Å²) in [5.74, 6) is 0.0686. The van der Waals surface area contributed by atoms with Crippen LogP contribution >= 0.6 is 0 Å². The first-order valence-electron chi connectivity index (χ1n) is 12.8. The van der Waals surface area contributed by atoms with E-state index in [2.05, 4.69) is 102 Å². The number of benzene rings is 4. The fourth-order valence-corrected chi connectivity index (χ4v) is 7.22. The topological polar surface area (TPSA) is 20.1 Å². The fourth-order valence-electron chi connectivity index (χ4n) is 7.22. The van der Waals surface area contributed by atoms with Crippen LogP contribution in [0.25, 0.3) is 0 Å². The van der Waals surface area contributed by atoms with Crippen LogP contribution in [0.4, 0.5) is 0 Å². The van der Waals surface area contributed by atoms with Crippen LogP contribution in [0.2, 0.25) is 0 Å². The van der Waals surface area contributed by atoms with Gasteiger partial charge >= 0.3 is 6.28 Å². The van der Waals surface area contributed by atoms with Crippen LogP contribution in [0.15, 0.2) is 78.9 Å². The summed E-state index contributed by atoms with van der Waals surface area (Å²) in [7, 11) is 2.13. The summed E-state index contributed by atoms with van der Waals surface area (Å²) in [6.45, 7) is 13.2. The molecule has 1 aliphatic rings. The standard InChI is InChI=1S/C33H34BNO/c1-21-17-23(3)30(24(4)18-21)34(31-25(5)19-22(2)20-26(31)6)29-16-12-11-15-28(29)32(35(34)7)33(36)27-13-9-8-10-14-27/h8-20H,1-7H3. The first kappa shape index (κ1) is 24.0. The number of hydrogen-bond donors (Lipinski definition) is 0. The molecule has 0 unspecified atom stereocenters. The van der Waals surface area contributed by atoms with Gasteiger partial charge in [-0.05, 0) is 41.5 Å². The lowest BCUT2D eigenvalue weighted by atomic mass is 9.22. The minimum atomic E-state index is -1.61. The van der Waals surface area contributed by atoms with E-state index in [1.54, 1.807) is 0 Å². The molecule has 0 bridgehead atoms. The molecule has 1 aliphatic heterocycles. The smallest absolute Gasteiger partial charge is 0.357 e. The number of nitrogens with zero attached hydrogens (tertiary/aromatic N) is 1. The Hall–Kier alpha value is -3.72. The summed E-state index contributed by atoms with van der Waals surface area (Å²) < 4.78 is 2.33. The van der Waals surface area contributed by atoms with Gasteiger partial charge in [0.1, 0.15) is 0 Å². The number of carbonyl (C=O) groups excluding carboxylic acids is 1. The van der Waals surface area contributed by atoms with Crippen LogP contribution in [-0.4, -0.2) is 29.3 Å². The molecule has 0 spiro atoms. The van der Waals surface area contributed by atoms with E-state index in [4.69, 9.17) is 0 Å². The largest absolute Gasteiger partial charge is 0.438 e. The van der Waals surface area contributed by atoms with Crippen LogP contribution in [0.5, 0.6) is 0 Å². The number of carbonyl (C=O) groups is 1. The van der Waals surface area contributed by atoms with E-state index in [1.165, 1.54) is 49.8 Å². The SMILES string of the molecule is Cc1cc(C)c([B-]2(c3c(C)cc(C)cc3C)c3ccccc3C(C(=O)c3ccccc3)=[N+]2C)c(C)c1. The summed E-state index contributed by atoms with van der Waals surface area (Å²) in [6.07, 6.45) is -1.61. The van der Waals surface area contributed by atoms with Gasteiger partial charge in [-0.1, -0.05) is 112 Å². The molecule has 0 fully saturated rings. The van der Waals surface area contributed by atoms with E-state index < -0.39 is 6.28 Å². The predicted molar refractivity (Wildman–Crippen MR) is 153 cm³/mol. The quantitative estimate of drug-likeness (QED) is 0.308. The van der Waals surface area contributed by atoms with Crippen molar-refractivity contribution in [3.8, 4) is 0 Å². The van der Waals surface area contributed by atoms with Crippen molar-refractivity contribution in [2.24, 2.45) is 0 Å². The summed E-state index contributed by atoms with van der Waals surface area (Å²) in [4.78, 5) is 14.1. The summed E-state index contributed by atoms with van der Waals surface area (Å²) in [5.41, 5.74) is 14.0. The van der Waals surface area contributed by atoms with Crippen LogP contribution in [0.1, 0.15) is 49.3 Å². The average Bonchev–Trinajstić information content (AvgIpc) is 3.07. The Balaban J connectivity index is 2.00. The van der Waals surface area contributed by atoms with Crippen molar-refractivity contribution < 1.29 is 9.28 Å². The van der Waals surface area contributed by atoms with Crippen LogP contribution < -0.4 is 16.4 Å². The van der Waals surface area contributed by atoms with E-state index in [0.717, 1.165) is 16.8 Å². The lowest BCUT2D eigenvalue weighted by Crippen LogP contribution is -2.74. The molecular formula is C33H34BNO. The van der Waals surface area contributed by atoms with Crippen LogP contribution in [0.3, 0.4) is 0 Å². The Morgan fingerprint density at radius 3 is 1.58 bits per heavy atom. The first-order valence-corrected chi connectivity index (χ1v) is 12.8. The molecule has 3 heteroatoms. The normalized spacial score (nSPS) is 14.2. The predicted octanol–water partition coefficient (Wildman–Crippen LogP) is 4.83. The van der Waals surface area contributed by atoms with Gasteiger partial charge in [-0.2, -0.15) is 0 Å². The van der Waals surface area contributed by atoms with Crippen molar-refractivity contribution in [2.45, 2.75) is 41.5 Å². The second-order valence-corrected chi connectivity index (χ2v) is 10.7. The number of rotatable bonds is 4. The maximum absolute atomic E-state index is 14.1. The molecule has 180 valence electrons. The monoisotopic (exact) mass is 471 g/mol. The maximum atomic E-state index is 14.1. The molecule has 0 amide bonds. The Labute approximate surface area is 215 Å². The summed E-state index contributed by atoms with van der Waals surface area (Å²) in [5, 5.41) is 0. The van der Waals surface area contributed by atoms with Crippen LogP contribution in [0, 0.1) is 41.5 Å². The van der Waals surface area contributed by atoms with Crippen molar-refractivity contribution in [2.75, 3.05) is 7.05 Å². The average molecular weight is 471 g/mol. The van der Waals surface area contributed by atoms with E-state index >= 15 is 0 Å². The Kier molecular flexibility index (Phi) is 5.83. The molecule has 2 nitrogen and oxygen atoms in total. The second-order valence-electron chi connectivity index (χ2n) is 10.7. The van der Waals surface area contributed by atoms with E-state index in [-0.39, 0.29) is 5.78 Å². The van der Waals surface area contributed by atoms with Crippen molar-refractivity contribution >= 4 is 34.2 Å². The lowest BCUT2D eigenvalue weighted by Gasteiger charge is -2.39. The minimum absolute atomic E-state index is 0.0686. The Morgan fingerprint density at radius 1 is 0.639 bits per heavy atom. The first-order chi connectivity index (χ1) is 17.2. The number of ketones is 1. The zero-order valence-corrected chi connectivity index (χ0v) is 22.4. The highest BCUT2D eigenvalue weighted by atomic mass is 16.1. The van der Waals surface area contributed by atoms with Gasteiger partial charge in [0.05, 0.1) is 7.05 Å².